The third-order valence-electron chi connectivity index (χ3n) is 2.79. The first-order valence-electron chi connectivity index (χ1n) is 5.08. The maximum atomic E-state index is 11.4. The molecule has 1 heterocycles. The van der Waals surface area contributed by atoms with E-state index in [0.717, 1.165) is 18.9 Å². The maximum absolute atomic E-state index is 11.4. The van der Waals surface area contributed by atoms with Gasteiger partial charge >= 0.3 is 0 Å². The van der Waals surface area contributed by atoms with Gasteiger partial charge in [-0.3, -0.25) is 9.80 Å². The average molecular weight is 183 g/mol. The summed E-state index contributed by atoms with van der Waals surface area (Å²) < 4.78 is 0. The van der Waals surface area contributed by atoms with Gasteiger partial charge in [0.05, 0.1) is 0 Å². The molecule has 1 unspecified atom stereocenters. The van der Waals surface area contributed by atoms with Gasteiger partial charge in [-0.2, -0.15) is 0 Å². The van der Waals surface area contributed by atoms with Crippen LogP contribution in [0.5, 0.6) is 0 Å². The van der Waals surface area contributed by atoms with Gasteiger partial charge in [-0.1, -0.05) is 0 Å². The van der Waals surface area contributed by atoms with Gasteiger partial charge in [0.1, 0.15) is 0 Å². The van der Waals surface area contributed by atoms with Gasteiger partial charge in [0.15, 0.2) is 0 Å². The predicted molar refractivity (Wildman–Crippen MR) is 49.6 cm³/mol. The van der Waals surface area contributed by atoms with Crippen molar-refractivity contribution < 1.29 is 4.79 Å². The predicted octanol–water partition coefficient (Wildman–Crippen LogP) is -0.149. The van der Waals surface area contributed by atoms with Gasteiger partial charge in [0, 0.05) is 19.0 Å². The van der Waals surface area contributed by atoms with E-state index in [2.05, 4.69) is 5.43 Å². The molecule has 0 aromatic carbocycles. The summed E-state index contributed by atoms with van der Waals surface area (Å²) in [5, 5.41) is 1.75. The van der Waals surface area contributed by atoms with E-state index in [1.807, 2.05) is 0 Å². The number of nitrogens with zero attached hydrogens (tertiary/aromatic N) is 1. The van der Waals surface area contributed by atoms with E-state index in [-0.39, 0.29) is 5.91 Å². The lowest BCUT2D eigenvalue weighted by Crippen LogP contribution is -2.39. The molecular formula is C9H17N3O. The third kappa shape index (κ3) is 2.00. The van der Waals surface area contributed by atoms with E-state index in [9.17, 15) is 4.79 Å². The van der Waals surface area contributed by atoms with Gasteiger partial charge < -0.3 is 5.73 Å². The molecule has 2 rings (SSSR count). The molecule has 4 heteroatoms. The summed E-state index contributed by atoms with van der Waals surface area (Å²) in [7, 11) is 0. The van der Waals surface area contributed by atoms with Crippen LogP contribution in [0.1, 0.15) is 25.7 Å². The number of hydrogen-bond donors (Lipinski definition) is 2. The van der Waals surface area contributed by atoms with E-state index in [1.54, 1.807) is 5.01 Å². The van der Waals surface area contributed by atoms with Crippen molar-refractivity contribution in [1.82, 2.24) is 10.4 Å². The monoisotopic (exact) mass is 183 g/mol. The molecule has 4 nitrogen and oxygen atoms in total. The highest BCUT2D eigenvalue weighted by atomic mass is 16.2. The van der Waals surface area contributed by atoms with Crippen molar-refractivity contribution in [2.75, 3.05) is 13.1 Å². The first-order valence-corrected chi connectivity index (χ1v) is 5.08. The van der Waals surface area contributed by atoms with Gasteiger partial charge in [-0.05, 0) is 31.7 Å². The molecule has 0 aromatic rings. The lowest BCUT2D eigenvalue weighted by atomic mass is 10.1. The minimum atomic E-state index is 0.241. The summed E-state index contributed by atoms with van der Waals surface area (Å²) in [5.74, 6) is 0.997. The maximum Gasteiger partial charge on any atom is 0.238 e. The highest BCUT2D eigenvalue weighted by Crippen LogP contribution is 2.36. The average Bonchev–Trinajstić information content (AvgIpc) is 2.89. The smallest absolute Gasteiger partial charge is 0.238 e. The van der Waals surface area contributed by atoms with Crippen molar-refractivity contribution >= 4 is 5.91 Å². The quantitative estimate of drug-likeness (QED) is 0.637. The lowest BCUT2D eigenvalue weighted by Gasteiger charge is -2.17. The molecule has 13 heavy (non-hydrogen) atoms. The second-order valence-corrected chi connectivity index (χ2v) is 3.96. The van der Waals surface area contributed by atoms with Crippen molar-refractivity contribution in [1.29, 1.82) is 0 Å². The van der Waals surface area contributed by atoms with Crippen LogP contribution in [0.4, 0.5) is 0 Å². The summed E-state index contributed by atoms with van der Waals surface area (Å²) in [4.78, 5) is 11.4. The van der Waals surface area contributed by atoms with Gasteiger partial charge in [-0.15, -0.1) is 0 Å². The number of amides is 1. The van der Waals surface area contributed by atoms with Gasteiger partial charge in [0.25, 0.3) is 0 Å². The Labute approximate surface area is 78.4 Å². The van der Waals surface area contributed by atoms with Gasteiger partial charge in [0.2, 0.25) is 5.91 Å². The Hall–Kier alpha value is -0.610. The molecule has 1 saturated heterocycles. The molecule has 1 aliphatic heterocycles. The first-order chi connectivity index (χ1) is 6.31. The fourth-order valence-corrected chi connectivity index (χ4v) is 1.83. The van der Waals surface area contributed by atoms with Crippen molar-refractivity contribution in [3.05, 3.63) is 0 Å². The van der Waals surface area contributed by atoms with Crippen LogP contribution < -0.4 is 11.2 Å². The van der Waals surface area contributed by atoms with E-state index >= 15 is 0 Å². The van der Waals surface area contributed by atoms with Crippen molar-refractivity contribution in [3.63, 3.8) is 0 Å². The molecule has 1 amide bonds. The Morgan fingerprint density at radius 2 is 2.31 bits per heavy atom. The van der Waals surface area contributed by atoms with E-state index in [4.69, 9.17) is 5.73 Å². The summed E-state index contributed by atoms with van der Waals surface area (Å²) in [6.45, 7) is 1.41. The number of rotatable bonds is 4. The largest absolute Gasteiger partial charge is 0.330 e. The standard InChI is InChI=1S/C9H17N3O/c10-4-1-5-12-9(13)6-8(11-12)7-2-3-7/h7-8,11H,1-6,10H2. The fourth-order valence-electron chi connectivity index (χ4n) is 1.83. The molecule has 0 radical (unpaired) electrons. The summed E-state index contributed by atoms with van der Waals surface area (Å²) in [5.41, 5.74) is 8.66. The SMILES string of the molecule is NCCCN1NC(C2CC2)CC1=O. The van der Waals surface area contributed by atoms with Crippen LogP contribution >= 0.6 is 0 Å². The Balaban J connectivity index is 1.80. The van der Waals surface area contributed by atoms with Crippen LogP contribution in [0.3, 0.4) is 0 Å². The van der Waals surface area contributed by atoms with E-state index in [1.165, 1.54) is 12.8 Å². The molecule has 1 atom stereocenters. The minimum absolute atomic E-state index is 0.241. The molecule has 74 valence electrons. The molecule has 0 bridgehead atoms. The summed E-state index contributed by atoms with van der Waals surface area (Å²) >= 11 is 0. The van der Waals surface area contributed by atoms with Crippen LogP contribution in [0.25, 0.3) is 0 Å². The zero-order valence-corrected chi connectivity index (χ0v) is 7.83. The minimum Gasteiger partial charge on any atom is -0.330 e. The van der Waals surface area contributed by atoms with Crippen molar-refractivity contribution in [2.24, 2.45) is 11.7 Å². The Morgan fingerprint density at radius 3 is 2.92 bits per heavy atom. The number of carbonyl (C=O) groups is 1. The normalized spacial score (nSPS) is 28.5. The zero-order chi connectivity index (χ0) is 9.26. The Bertz CT molecular complexity index is 203. The number of nitrogens with one attached hydrogen (secondary N) is 1. The van der Waals surface area contributed by atoms with Crippen LogP contribution in [-0.4, -0.2) is 30.0 Å². The molecule has 0 aromatic heterocycles. The number of nitrogens with two attached hydrogens (primary N) is 1. The van der Waals surface area contributed by atoms with Crippen LogP contribution in [0.2, 0.25) is 0 Å². The topological polar surface area (TPSA) is 58.4 Å². The van der Waals surface area contributed by atoms with Gasteiger partial charge in [-0.25, -0.2) is 5.43 Å². The van der Waals surface area contributed by atoms with E-state index in [0.29, 0.717) is 19.0 Å². The van der Waals surface area contributed by atoms with Crippen LogP contribution in [-0.2, 0) is 4.79 Å². The lowest BCUT2D eigenvalue weighted by molar-refractivity contribution is -0.129. The first kappa shape index (κ1) is 8.97. The molecule has 0 spiro atoms. The second-order valence-electron chi connectivity index (χ2n) is 3.96. The molecule has 1 saturated carbocycles. The zero-order valence-electron chi connectivity index (χ0n) is 7.83. The Kier molecular flexibility index (Phi) is 2.51. The van der Waals surface area contributed by atoms with Crippen LogP contribution in [0, 0.1) is 5.92 Å². The summed E-state index contributed by atoms with van der Waals surface area (Å²) in [6, 6.07) is 0.422. The highest BCUT2D eigenvalue weighted by molar-refractivity contribution is 5.78. The summed E-state index contributed by atoms with van der Waals surface area (Å²) in [6.07, 6.45) is 4.15. The fraction of sp³-hybridized carbons (Fsp3) is 0.889. The molecule has 3 N–H and O–H groups in total. The second kappa shape index (κ2) is 3.64. The van der Waals surface area contributed by atoms with Crippen molar-refractivity contribution in [2.45, 2.75) is 31.7 Å². The third-order valence-corrected chi connectivity index (χ3v) is 2.79. The molecular weight excluding hydrogens is 166 g/mol. The number of hydrogen-bond acceptors (Lipinski definition) is 3. The van der Waals surface area contributed by atoms with Crippen LogP contribution in [0.15, 0.2) is 0 Å². The number of hydrazine groups is 1. The molecule has 2 fully saturated rings. The Morgan fingerprint density at radius 1 is 1.54 bits per heavy atom. The number of carbonyl (C=O) groups excluding carboxylic acids is 1. The molecule has 2 aliphatic rings. The van der Waals surface area contributed by atoms with Crippen molar-refractivity contribution in [3.8, 4) is 0 Å². The van der Waals surface area contributed by atoms with E-state index < -0.39 is 0 Å². The highest BCUT2D eigenvalue weighted by Gasteiger charge is 2.39. The molecule has 1 aliphatic carbocycles.